The van der Waals surface area contributed by atoms with Crippen LogP contribution in [0, 0.1) is 11.8 Å². The molecule has 6 aliphatic rings. The quantitative estimate of drug-likeness (QED) is 0.0647. The van der Waals surface area contributed by atoms with Crippen molar-refractivity contribution in [1.82, 2.24) is 82.3 Å². The zero-order valence-corrected chi connectivity index (χ0v) is 60.5. The number of aryl methyl sites for hydroxylation is 2. The lowest BCUT2D eigenvalue weighted by molar-refractivity contribution is -0.144. The fourth-order valence-corrected chi connectivity index (χ4v) is 12.9. The second-order valence-electron chi connectivity index (χ2n) is 27.9. The molecule has 2 fully saturated rings. The fraction of sp³-hybridized carbons (Fsp3) is 0.459. The number of benzene rings is 4. The Bertz CT molecular complexity index is 3860. The molecule has 10 amide bonds. The first-order chi connectivity index (χ1) is 50.6. The van der Waals surface area contributed by atoms with Crippen molar-refractivity contribution in [2.24, 2.45) is 11.8 Å². The summed E-state index contributed by atoms with van der Waals surface area (Å²) in [4.78, 5) is 171. The number of likely N-dealkylation sites (tertiary alicyclic amines) is 2. The van der Waals surface area contributed by atoms with Gasteiger partial charge in [0, 0.05) is 101 Å². The van der Waals surface area contributed by atoms with E-state index in [-0.39, 0.29) is 77.3 Å². The zero-order chi connectivity index (χ0) is 76.5. The Balaban J connectivity index is 1.00. The molecule has 12 N–H and O–H groups in total. The summed E-state index contributed by atoms with van der Waals surface area (Å²) in [6, 6.07) is 16.8. The lowest BCUT2D eigenvalue weighted by atomic mass is 10.0. The number of anilines is 2. The van der Waals surface area contributed by atoms with Crippen LogP contribution in [0.1, 0.15) is 113 Å². The number of hydrogen-bond donors (Lipinski definition) is 12. The van der Waals surface area contributed by atoms with E-state index in [2.05, 4.69) is 73.8 Å². The second kappa shape index (κ2) is 36.4. The largest absolute Gasteiger partial charge is 0.480 e. The van der Waals surface area contributed by atoms with Crippen LogP contribution >= 0.6 is 0 Å². The lowest BCUT2D eigenvalue weighted by Gasteiger charge is -2.31. The molecule has 6 aromatic rings. The Kier molecular flexibility index (Phi) is 27.1. The zero-order valence-electron chi connectivity index (χ0n) is 60.5. The predicted octanol–water partition coefficient (Wildman–Crippen LogP) is 1.19. The number of likely N-dealkylation sites (N-methyl/N-ethyl adjacent to an activating group) is 2. The number of carboxylic acid groups (broad SMARTS) is 2. The van der Waals surface area contributed by atoms with Crippen LogP contribution in [0.5, 0.6) is 0 Å². The van der Waals surface area contributed by atoms with Crippen LogP contribution < -0.4 is 53.2 Å². The van der Waals surface area contributed by atoms with E-state index in [1.165, 1.54) is 19.2 Å². The number of aliphatic carboxylic acids is 2. The molecule has 32 heteroatoms. The van der Waals surface area contributed by atoms with E-state index in [1.807, 2.05) is 0 Å². The van der Waals surface area contributed by atoms with Gasteiger partial charge in [0.1, 0.15) is 48.3 Å². The van der Waals surface area contributed by atoms with Crippen molar-refractivity contribution in [3.8, 4) is 0 Å². The molecule has 12 atom stereocenters. The first-order valence-electron chi connectivity index (χ1n) is 35.6. The van der Waals surface area contributed by atoms with Gasteiger partial charge in [0.05, 0.1) is 35.6 Å². The third kappa shape index (κ3) is 21.0. The van der Waals surface area contributed by atoms with Gasteiger partial charge in [-0.05, 0) is 86.3 Å². The highest BCUT2D eigenvalue weighted by Gasteiger charge is 2.47. The summed E-state index contributed by atoms with van der Waals surface area (Å²) in [6.45, 7) is 10.0. The number of aromatic nitrogens is 6. The number of carboxylic acids is 2. The highest BCUT2D eigenvalue weighted by molar-refractivity contribution is 5.98. The molecule has 2 saturated heterocycles. The van der Waals surface area contributed by atoms with Crippen LogP contribution in [-0.2, 0) is 96.1 Å². The molecule has 106 heavy (non-hydrogen) atoms. The first kappa shape index (κ1) is 78.8. The van der Waals surface area contributed by atoms with Crippen molar-refractivity contribution in [1.29, 1.82) is 0 Å². The van der Waals surface area contributed by atoms with E-state index < -0.39 is 155 Å². The number of nitrogens with zero attached hydrogens (tertiary/aromatic N) is 8. The number of nitrogens with one attached hydrogen (secondary N) is 10. The average molecular weight is 1460 g/mol. The van der Waals surface area contributed by atoms with E-state index in [0.717, 1.165) is 0 Å². The van der Waals surface area contributed by atoms with Crippen LogP contribution in [0.25, 0.3) is 0 Å². The van der Waals surface area contributed by atoms with E-state index in [1.54, 1.807) is 177 Å². The average Bonchev–Trinajstić information content (AvgIpc) is 1.64. The first-order valence-corrected chi connectivity index (χ1v) is 35.6. The molecule has 4 aromatic carbocycles. The number of hydrogen-bond acceptors (Lipinski definition) is 18. The van der Waals surface area contributed by atoms with Crippen LogP contribution in [0.3, 0.4) is 0 Å². The molecule has 0 radical (unpaired) electrons. The molecule has 2 aromatic heterocycles. The van der Waals surface area contributed by atoms with E-state index in [0.29, 0.717) is 45.0 Å². The van der Waals surface area contributed by atoms with Gasteiger partial charge >= 0.3 is 11.9 Å². The van der Waals surface area contributed by atoms with Crippen molar-refractivity contribution < 1.29 is 67.7 Å². The number of carbonyl (C=O) groups excluding carboxylic acids is 10. The summed E-state index contributed by atoms with van der Waals surface area (Å²) >= 11 is 0. The summed E-state index contributed by atoms with van der Waals surface area (Å²) in [6.07, 6.45) is 2.49. The Morgan fingerprint density at radius 2 is 0.840 bits per heavy atom. The Labute approximate surface area is 613 Å². The fourth-order valence-electron chi connectivity index (χ4n) is 12.9. The summed E-state index contributed by atoms with van der Waals surface area (Å²) in [5.41, 5.74) is 3.65. The minimum atomic E-state index is -1.52. The maximum Gasteiger partial charge on any atom is 0.326 e. The maximum atomic E-state index is 15.0. The topological polar surface area (TPSA) is 433 Å². The molecule has 0 spiro atoms. The predicted molar refractivity (Wildman–Crippen MR) is 386 cm³/mol. The summed E-state index contributed by atoms with van der Waals surface area (Å²) in [5.74, 6) is -9.81. The molecular formula is C74H94N18O14. The van der Waals surface area contributed by atoms with Crippen LogP contribution in [0.4, 0.5) is 11.4 Å². The summed E-state index contributed by atoms with van der Waals surface area (Å²) < 4.78 is 2.97. The molecule has 6 aliphatic heterocycles. The van der Waals surface area contributed by atoms with Gasteiger partial charge in [-0.15, -0.1) is 10.2 Å². The molecule has 564 valence electrons. The Morgan fingerprint density at radius 1 is 0.481 bits per heavy atom. The second-order valence-corrected chi connectivity index (χ2v) is 27.9. The molecule has 0 unspecified atom stereocenters. The molecule has 8 heterocycles. The van der Waals surface area contributed by atoms with Crippen molar-refractivity contribution >= 4 is 82.4 Å². The van der Waals surface area contributed by atoms with Gasteiger partial charge in [-0.25, -0.2) is 19.0 Å². The van der Waals surface area contributed by atoms with Gasteiger partial charge in [0.2, 0.25) is 59.1 Å². The van der Waals surface area contributed by atoms with Crippen LogP contribution in [0.15, 0.2) is 122 Å². The molecule has 0 aliphatic carbocycles. The highest BCUT2D eigenvalue weighted by atomic mass is 16.4. The number of rotatable bonds is 16. The van der Waals surface area contributed by atoms with Crippen molar-refractivity contribution in [2.45, 2.75) is 178 Å². The third-order valence-corrected chi connectivity index (χ3v) is 19.3. The van der Waals surface area contributed by atoms with Crippen molar-refractivity contribution in [3.63, 3.8) is 0 Å². The lowest BCUT2D eigenvalue weighted by Crippen LogP contribution is -2.59. The van der Waals surface area contributed by atoms with Gasteiger partial charge in [0.15, 0.2) is 0 Å². The Morgan fingerprint density at radius 3 is 1.17 bits per heavy atom. The summed E-state index contributed by atoms with van der Waals surface area (Å²) in [5, 5.41) is 66.5. The minimum Gasteiger partial charge on any atom is -0.480 e. The number of amides is 10. The smallest absolute Gasteiger partial charge is 0.326 e. The van der Waals surface area contributed by atoms with Gasteiger partial charge in [-0.2, -0.15) is 0 Å². The van der Waals surface area contributed by atoms with Gasteiger partial charge in [0.25, 0.3) is 0 Å². The minimum absolute atomic E-state index is 0.0447. The van der Waals surface area contributed by atoms with Crippen molar-refractivity contribution in [3.05, 3.63) is 155 Å². The van der Waals surface area contributed by atoms with E-state index in [4.69, 9.17) is 0 Å². The molecule has 0 saturated carbocycles. The molecule has 12 rings (SSSR count). The maximum absolute atomic E-state index is 15.0. The van der Waals surface area contributed by atoms with E-state index in [9.17, 15) is 67.7 Å². The SMILES string of the molecule is CN[C@@H](C)C(=O)N[C@H](C(=O)N1C[C@@H]2C[C@H]1C(=O)N[C@@H](Cc1ccccc1)C(=O)N[C@H](C(=O)O)Cc1ccc(cc1)NC(=O)CCc1cn(nn1)[C@H]1C[C@@H](C(=O)N[C@@H](Cc3ccccc3)C(=O)N[C@H](C(=O)O)Cc3ccc(cc3)NC(=O)CCc3cn2nn3)N(C(=O)[C@@H](NC(=O)[C@H](C)NC)C(C)C)C1)C(C)C. The van der Waals surface area contributed by atoms with E-state index >= 15 is 0 Å². The standard InChI is InChI=1S/C74H94N18O14/c1-41(2)63(83-65(95)43(5)75-7)71(101)89-39-53-35-59(89)69(99)79-55(31-45-15-11-9-12-16-45)67(97)81-57(73(103)104)33-47-19-23-50(24-20-47)78-62(94)30-28-52-38-92(88-86-52)54-36-60(90(40-54)72(102)64(42(3)4)84-66(96)44(6)76-8)70(100)80-56(32-46-17-13-10-14-18-46)68(98)82-58(74(105)106)34-48-21-25-49(26-22-48)77-61(93)29-27-51-37-91(53)87-85-51/h9-26,37-38,41-44,53-60,63-64,75-76H,27-36,39-40H2,1-8H3,(H,77,93)(H,78,94)(H,79,99)(H,80,100)(H,81,97)(H,82,98)(H,83,95)(H,84,96)(H,103,104)(H,105,106)/t43-,44-,53-,54-,55-,56-,57-,58-,59-,60-,63-,64-/m0/s1. The van der Waals surface area contributed by atoms with Crippen LogP contribution in [0.2, 0.25) is 0 Å². The normalized spacial score (nSPS) is 22.2. The van der Waals surface area contributed by atoms with Crippen molar-refractivity contribution in [2.75, 3.05) is 37.8 Å². The number of carbonyl (C=O) groups is 12. The highest BCUT2D eigenvalue weighted by Crippen LogP contribution is 2.32. The monoisotopic (exact) mass is 1460 g/mol. The van der Waals surface area contributed by atoms with Gasteiger partial charge in [-0.1, -0.05) is 123 Å². The third-order valence-electron chi connectivity index (χ3n) is 19.3. The Hall–Kier alpha value is -11.3. The van der Waals surface area contributed by atoms with Gasteiger partial charge in [-0.3, -0.25) is 47.9 Å². The van der Waals surface area contributed by atoms with Crippen LogP contribution in [-0.4, -0.2) is 209 Å². The molecule has 12 bridgehead atoms. The van der Waals surface area contributed by atoms with Gasteiger partial charge < -0.3 is 73.2 Å². The molecule has 32 nitrogen and oxygen atoms in total. The summed E-state index contributed by atoms with van der Waals surface area (Å²) in [7, 11) is 3.19. The molecular weight excluding hydrogens is 1360 g/mol.